The molecular formula is C14H20ClNO. The Morgan fingerprint density at radius 1 is 1.35 bits per heavy atom. The Bertz CT molecular complexity index is 376. The lowest BCUT2D eigenvalue weighted by molar-refractivity contribution is -0.121. The fourth-order valence-electron chi connectivity index (χ4n) is 2.02. The van der Waals surface area contributed by atoms with Gasteiger partial charge in [-0.1, -0.05) is 43.6 Å². The molecule has 3 heteroatoms. The molecule has 1 unspecified atom stereocenters. The van der Waals surface area contributed by atoms with Gasteiger partial charge in [-0.2, -0.15) is 0 Å². The number of carbonyl (C=O) groups is 1. The predicted molar refractivity (Wildman–Crippen MR) is 72.3 cm³/mol. The van der Waals surface area contributed by atoms with Crippen molar-refractivity contribution < 1.29 is 4.79 Å². The van der Waals surface area contributed by atoms with E-state index < -0.39 is 0 Å². The summed E-state index contributed by atoms with van der Waals surface area (Å²) < 4.78 is 0. The SMILES string of the molecule is CNC(=O)CC(CC(C)C)c1ccccc1Cl. The molecule has 1 aromatic rings. The molecule has 1 amide bonds. The number of hydrogen-bond donors (Lipinski definition) is 1. The van der Waals surface area contributed by atoms with Crippen LogP contribution < -0.4 is 5.32 Å². The molecule has 0 aromatic heterocycles. The lowest BCUT2D eigenvalue weighted by Gasteiger charge is -2.19. The maximum absolute atomic E-state index is 11.5. The van der Waals surface area contributed by atoms with Gasteiger partial charge in [0.05, 0.1) is 0 Å². The Labute approximate surface area is 108 Å². The van der Waals surface area contributed by atoms with Crippen molar-refractivity contribution in [1.82, 2.24) is 5.32 Å². The highest BCUT2D eigenvalue weighted by Crippen LogP contribution is 2.31. The molecule has 94 valence electrons. The standard InChI is InChI=1S/C14H20ClNO/c1-10(2)8-11(9-14(17)16-3)12-6-4-5-7-13(12)15/h4-7,10-11H,8-9H2,1-3H3,(H,16,17). The van der Waals surface area contributed by atoms with Gasteiger partial charge in [0, 0.05) is 18.5 Å². The highest BCUT2D eigenvalue weighted by atomic mass is 35.5. The second-order valence-electron chi connectivity index (χ2n) is 4.73. The topological polar surface area (TPSA) is 29.1 Å². The predicted octanol–water partition coefficient (Wildman–Crippen LogP) is 3.61. The average molecular weight is 254 g/mol. The summed E-state index contributed by atoms with van der Waals surface area (Å²) in [5.41, 5.74) is 1.08. The summed E-state index contributed by atoms with van der Waals surface area (Å²) in [6, 6.07) is 7.78. The molecule has 0 fully saturated rings. The van der Waals surface area contributed by atoms with Crippen LogP contribution in [0.1, 0.15) is 38.2 Å². The Balaban J connectivity index is 2.89. The van der Waals surface area contributed by atoms with Crippen molar-refractivity contribution in [1.29, 1.82) is 0 Å². The fraction of sp³-hybridized carbons (Fsp3) is 0.500. The van der Waals surface area contributed by atoms with E-state index in [1.807, 2.05) is 24.3 Å². The lowest BCUT2D eigenvalue weighted by Crippen LogP contribution is -2.21. The van der Waals surface area contributed by atoms with Gasteiger partial charge in [-0.25, -0.2) is 0 Å². The van der Waals surface area contributed by atoms with Gasteiger partial charge in [-0.05, 0) is 29.9 Å². The van der Waals surface area contributed by atoms with Gasteiger partial charge >= 0.3 is 0 Å². The third-order valence-corrected chi connectivity index (χ3v) is 3.16. The van der Waals surface area contributed by atoms with Gasteiger partial charge in [0.2, 0.25) is 5.91 Å². The maximum atomic E-state index is 11.5. The Kier molecular flexibility index (Phi) is 5.49. The summed E-state index contributed by atoms with van der Waals surface area (Å²) >= 11 is 6.20. The molecule has 1 aromatic carbocycles. The first-order chi connectivity index (χ1) is 8.04. The van der Waals surface area contributed by atoms with Crippen LogP contribution in [0.15, 0.2) is 24.3 Å². The zero-order valence-corrected chi connectivity index (χ0v) is 11.4. The van der Waals surface area contributed by atoms with Crippen molar-refractivity contribution in [3.63, 3.8) is 0 Å². The monoisotopic (exact) mass is 253 g/mol. The molecule has 0 aliphatic heterocycles. The molecule has 1 N–H and O–H groups in total. The van der Waals surface area contributed by atoms with Gasteiger partial charge in [0.25, 0.3) is 0 Å². The maximum Gasteiger partial charge on any atom is 0.220 e. The summed E-state index contributed by atoms with van der Waals surface area (Å²) in [5, 5.41) is 3.43. The van der Waals surface area contributed by atoms with Crippen LogP contribution in [0.5, 0.6) is 0 Å². The lowest BCUT2D eigenvalue weighted by atomic mass is 9.87. The minimum absolute atomic E-state index is 0.0653. The van der Waals surface area contributed by atoms with Crippen LogP contribution in [0.3, 0.4) is 0 Å². The van der Waals surface area contributed by atoms with Gasteiger partial charge in [-0.15, -0.1) is 0 Å². The summed E-state index contributed by atoms with van der Waals surface area (Å²) in [7, 11) is 1.67. The molecule has 0 bridgehead atoms. The summed E-state index contributed by atoms with van der Waals surface area (Å²) in [4.78, 5) is 11.5. The van der Waals surface area contributed by atoms with Crippen molar-refractivity contribution in [3.05, 3.63) is 34.9 Å². The number of benzene rings is 1. The number of amides is 1. The number of hydrogen-bond acceptors (Lipinski definition) is 1. The second kappa shape index (κ2) is 6.65. The van der Waals surface area contributed by atoms with Gasteiger partial charge in [0.1, 0.15) is 0 Å². The largest absolute Gasteiger partial charge is 0.359 e. The molecule has 1 atom stereocenters. The zero-order valence-electron chi connectivity index (χ0n) is 10.7. The van der Waals surface area contributed by atoms with E-state index in [0.717, 1.165) is 17.0 Å². The van der Waals surface area contributed by atoms with Crippen molar-refractivity contribution in [2.24, 2.45) is 5.92 Å². The molecule has 0 spiro atoms. The van der Waals surface area contributed by atoms with Gasteiger partial charge in [0.15, 0.2) is 0 Å². The first-order valence-corrected chi connectivity index (χ1v) is 6.37. The minimum atomic E-state index is 0.0653. The third kappa shape index (κ3) is 4.39. The van der Waals surface area contributed by atoms with Crippen LogP contribution >= 0.6 is 11.6 Å². The van der Waals surface area contributed by atoms with Crippen molar-refractivity contribution in [2.45, 2.75) is 32.6 Å². The number of rotatable bonds is 5. The highest BCUT2D eigenvalue weighted by molar-refractivity contribution is 6.31. The Morgan fingerprint density at radius 2 is 2.00 bits per heavy atom. The molecule has 1 rings (SSSR count). The van der Waals surface area contributed by atoms with E-state index in [-0.39, 0.29) is 11.8 Å². The smallest absolute Gasteiger partial charge is 0.220 e. The molecule has 0 saturated carbocycles. The van der Waals surface area contributed by atoms with Crippen LogP contribution in [0.4, 0.5) is 0 Å². The van der Waals surface area contributed by atoms with Crippen molar-refractivity contribution in [2.75, 3.05) is 7.05 Å². The highest BCUT2D eigenvalue weighted by Gasteiger charge is 2.18. The normalized spacial score (nSPS) is 12.5. The number of nitrogens with one attached hydrogen (secondary N) is 1. The van der Waals surface area contributed by atoms with Gasteiger partial charge in [-0.3, -0.25) is 4.79 Å². The van der Waals surface area contributed by atoms with Crippen LogP contribution in [-0.2, 0) is 4.79 Å². The van der Waals surface area contributed by atoms with E-state index in [2.05, 4.69) is 19.2 Å². The summed E-state index contributed by atoms with van der Waals surface area (Å²) in [5.74, 6) is 0.806. The van der Waals surface area contributed by atoms with Crippen LogP contribution in [0.25, 0.3) is 0 Å². The molecule has 0 heterocycles. The number of halogens is 1. The Hall–Kier alpha value is -1.02. The number of carbonyl (C=O) groups excluding carboxylic acids is 1. The van der Waals surface area contributed by atoms with E-state index in [9.17, 15) is 4.79 Å². The van der Waals surface area contributed by atoms with Crippen molar-refractivity contribution >= 4 is 17.5 Å². The van der Waals surface area contributed by atoms with Crippen LogP contribution in [0, 0.1) is 5.92 Å². The molecule has 2 nitrogen and oxygen atoms in total. The van der Waals surface area contributed by atoms with Crippen molar-refractivity contribution in [3.8, 4) is 0 Å². The second-order valence-corrected chi connectivity index (χ2v) is 5.13. The molecule has 0 saturated heterocycles. The minimum Gasteiger partial charge on any atom is -0.359 e. The molecular weight excluding hydrogens is 234 g/mol. The third-order valence-electron chi connectivity index (χ3n) is 2.81. The molecule has 0 aliphatic rings. The first-order valence-electron chi connectivity index (χ1n) is 5.99. The van der Waals surface area contributed by atoms with Crippen LogP contribution in [0.2, 0.25) is 5.02 Å². The average Bonchev–Trinajstić information content (AvgIpc) is 2.28. The van der Waals surface area contributed by atoms with E-state index >= 15 is 0 Å². The zero-order chi connectivity index (χ0) is 12.8. The fourth-order valence-corrected chi connectivity index (χ4v) is 2.31. The molecule has 0 aliphatic carbocycles. The van der Waals surface area contributed by atoms with Crippen LogP contribution in [-0.4, -0.2) is 13.0 Å². The van der Waals surface area contributed by atoms with Gasteiger partial charge < -0.3 is 5.32 Å². The first kappa shape index (κ1) is 14.0. The van der Waals surface area contributed by atoms with E-state index in [1.165, 1.54) is 0 Å². The van der Waals surface area contributed by atoms with E-state index in [1.54, 1.807) is 7.05 Å². The summed E-state index contributed by atoms with van der Waals surface area (Å²) in [6.07, 6.45) is 1.47. The summed E-state index contributed by atoms with van der Waals surface area (Å²) in [6.45, 7) is 4.32. The molecule has 0 radical (unpaired) electrons. The molecule has 17 heavy (non-hydrogen) atoms. The van der Waals surface area contributed by atoms with E-state index in [4.69, 9.17) is 11.6 Å². The quantitative estimate of drug-likeness (QED) is 0.854. The Morgan fingerprint density at radius 3 is 2.53 bits per heavy atom. The van der Waals surface area contributed by atoms with E-state index in [0.29, 0.717) is 12.3 Å².